The van der Waals surface area contributed by atoms with Crippen molar-refractivity contribution in [3.05, 3.63) is 69.8 Å². The molecule has 1 atom stereocenters. The van der Waals surface area contributed by atoms with Crippen molar-refractivity contribution in [3.8, 4) is 0 Å². The van der Waals surface area contributed by atoms with Gasteiger partial charge < -0.3 is 10.9 Å². The number of nitrogens with two attached hydrogens (primary N) is 1. The number of carbonyl (C=O) groups is 1. The van der Waals surface area contributed by atoms with Gasteiger partial charge in [-0.1, -0.05) is 62.2 Å². The molecule has 0 amide bonds. The van der Waals surface area contributed by atoms with Crippen molar-refractivity contribution in [1.82, 2.24) is 0 Å². The van der Waals surface area contributed by atoms with Gasteiger partial charge in [-0.15, -0.1) is 12.4 Å². The van der Waals surface area contributed by atoms with E-state index in [-0.39, 0.29) is 23.9 Å². The van der Waals surface area contributed by atoms with Crippen molar-refractivity contribution < 1.29 is 10.0 Å². The number of carbonyl (C=O) groups excluding carboxylic acids is 1. The van der Waals surface area contributed by atoms with E-state index in [2.05, 4.69) is 43.3 Å². The second-order valence-corrected chi connectivity index (χ2v) is 8.52. The molecule has 2 aromatic carbocycles. The Bertz CT molecular complexity index is 924. The van der Waals surface area contributed by atoms with E-state index in [0.29, 0.717) is 18.0 Å². The molecule has 0 radical (unpaired) electrons. The molecule has 0 spiro atoms. The molecule has 2 aliphatic carbocycles. The number of hydrogen-bond acceptors (Lipinski definition) is 4. The van der Waals surface area contributed by atoms with Crippen molar-refractivity contribution in [3.63, 3.8) is 0 Å². The number of Topliss-reactive ketones (excluding diaryl/α,β-unsaturated/α-hetero) is 1. The van der Waals surface area contributed by atoms with Gasteiger partial charge in [0.05, 0.1) is 0 Å². The van der Waals surface area contributed by atoms with Crippen molar-refractivity contribution >= 4 is 23.9 Å². The number of ketones is 1. The highest BCUT2D eigenvalue weighted by atomic mass is 35.5. The van der Waals surface area contributed by atoms with Gasteiger partial charge in [-0.25, -0.2) is 0 Å². The minimum absolute atomic E-state index is 0. The molecule has 0 bridgehead atoms. The van der Waals surface area contributed by atoms with E-state index in [1.165, 1.54) is 41.5 Å². The first-order valence-corrected chi connectivity index (χ1v) is 11.3. The van der Waals surface area contributed by atoms with Crippen molar-refractivity contribution in [1.29, 1.82) is 0 Å². The molecule has 4 nitrogen and oxygen atoms in total. The lowest BCUT2D eigenvalue weighted by atomic mass is 10.0. The van der Waals surface area contributed by atoms with Crippen LogP contribution in [0.4, 0.5) is 0 Å². The van der Waals surface area contributed by atoms with Gasteiger partial charge >= 0.3 is 0 Å². The monoisotopic (exact) mass is 442 g/mol. The maximum absolute atomic E-state index is 11.8. The van der Waals surface area contributed by atoms with Gasteiger partial charge in [-0.05, 0) is 72.4 Å². The molecule has 0 saturated carbocycles. The molecule has 0 heterocycles. The second kappa shape index (κ2) is 12.0. The van der Waals surface area contributed by atoms with Gasteiger partial charge in [0.15, 0.2) is 0 Å². The van der Waals surface area contributed by atoms with Crippen LogP contribution in [0.1, 0.15) is 77.7 Å². The second-order valence-electron chi connectivity index (χ2n) is 8.52. The summed E-state index contributed by atoms with van der Waals surface area (Å²) in [7, 11) is 0. The molecule has 168 valence electrons. The van der Waals surface area contributed by atoms with E-state index in [1.807, 2.05) is 12.1 Å². The first-order chi connectivity index (χ1) is 14.5. The number of benzene rings is 2. The first-order valence-electron chi connectivity index (χ1n) is 11.3. The standard InChI is InChI=1S/C13H15NO2.C13H19N.ClH/c1-2-3-4-9-5-6-10-8-12(14-16)13(15)11(10)7-9;1-2-3-4-10-5-6-11-8-13(14)9-12(11)7-10;/h5-7,16H,2-4,8H2,1H3;5-7,13H,2-4,8-9,14H2,1H3;1H. The molecule has 3 N–H and O–H groups in total. The Morgan fingerprint density at radius 1 is 0.935 bits per heavy atom. The van der Waals surface area contributed by atoms with Crippen LogP contribution in [0.15, 0.2) is 41.6 Å². The quantitative estimate of drug-likeness (QED) is 0.459. The Morgan fingerprint density at radius 2 is 1.52 bits per heavy atom. The topological polar surface area (TPSA) is 75.7 Å². The van der Waals surface area contributed by atoms with E-state index >= 15 is 0 Å². The number of halogens is 1. The van der Waals surface area contributed by atoms with E-state index in [4.69, 9.17) is 10.9 Å². The van der Waals surface area contributed by atoms with E-state index < -0.39 is 0 Å². The van der Waals surface area contributed by atoms with Crippen LogP contribution in [0.5, 0.6) is 0 Å². The largest absolute Gasteiger partial charge is 0.411 e. The van der Waals surface area contributed by atoms with Gasteiger partial charge in [-0.3, -0.25) is 4.79 Å². The fourth-order valence-electron chi connectivity index (χ4n) is 4.26. The highest BCUT2D eigenvalue weighted by molar-refractivity contribution is 6.49. The summed E-state index contributed by atoms with van der Waals surface area (Å²) in [6.45, 7) is 4.39. The van der Waals surface area contributed by atoms with Gasteiger partial charge in [-0.2, -0.15) is 0 Å². The van der Waals surface area contributed by atoms with Crippen LogP contribution in [0.25, 0.3) is 0 Å². The molecule has 0 saturated heterocycles. The van der Waals surface area contributed by atoms with E-state index in [1.54, 1.807) is 0 Å². The average Bonchev–Trinajstić information content (AvgIpc) is 3.29. The number of oxime groups is 1. The molecule has 0 aliphatic heterocycles. The van der Waals surface area contributed by atoms with Crippen LogP contribution in [0.3, 0.4) is 0 Å². The third-order valence-corrected chi connectivity index (χ3v) is 6.03. The number of nitrogens with zero attached hydrogens (tertiary/aromatic N) is 1. The van der Waals surface area contributed by atoms with Crippen LogP contribution in [0, 0.1) is 0 Å². The zero-order valence-electron chi connectivity index (χ0n) is 18.7. The normalized spacial score (nSPS) is 17.6. The van der Waals surface area contributed by atoms with Gasteiger partial charge in [0.1, 0.15) is 5.71 Å². The predicted octanol–water partition coefficient (Wildman–Crippen LogP) is 5.48. The van der Waals surface area contributed by atoms with Crippen LogP contribution < -0.4 is 5.73 Å². The number of aryl methyl sites for hydroxylation is 2. The summed E-state index contributed by atoms with van der Waals surface area (Å²) >= 11 is 0. The minimum Gasteiger partial charge on any atom is -0.411 e. The maximum atomic E-state index is 11.8. The van der Waals surface area contributed by atoms with E-state index in [0.717, 1.165) is 37.7 Å². The lowest BCUT2D eigenvalue weighted by molar-refractivity contribution is 0.106. The molecular formula is C26H35ClN2O2. The Kier molecular flexibility index (Phi) is 9.73. The lowest BCUT2D eigenvalue weighted by Crippen LogP contribution is -2.18. The lowest BCUT2D eigenvalue weighted by Gasteiger charge is -2.03. The maximum Gasteiger partial charge on any atom is 0.211 e. The van der Waals surface area contributed by atoms with Gasteiger partial charge in [0, 0.05) is 18.0 Å². The summed E-state index contributed by atoms with van der Waals surface area (Å²) in [4.78, 5) is 11.8. The average molecular weight is 443 g/mol. The number of fused-ring (bicyclic) bond motifs is 2. The number of unbranched alkanes of at least 4 members (excludes halogenated alkanes) is 2. The highest BCUT2D eigenvalue weighted by Gasteiger charge is 2.26. The Hall–Kier alpha value is -2.17. The minimum atomic E-state index is -0.129. The van der Waals surface area contributed by atoms with Crippen LogP contribution in [0.2, 0.25) is 0 Å². The summed E-state index contributed by atoms with van der Waals surface area (Å²) in [5.74, 6) is -0.129. The zero-order chi connectivity index (χ0) is 21.5. The summed E-state index contributed by atoms with van der Waals surface area (Å²) in [6.07, 6.45) is 9.68. The van der Waals surface area contributed by atoms with Crippen molar-refractivity contribution in [2.75, 3.05) is 0 Å². The molecular weight excluding hydrogens is 408 g/mol. The number of hydrogen-bond donors (Lipinski definition) is 2. The van der Waals surface area contributed by atoms with Crippen LogP contribution in [-0.2, 0) is 32.1 Å². The molecule has 2 aliphatic rings. The van der Waals surface area contributed by atoms with Gasteiger partial charge in [0.2, 0.25) is 5.78 Å². The third-order valence-electron chi connectivity index (χ3n) is 6.03. The van der Waals surface area contributed by atoms with E-state index in [9.17, 15) is 4.79 Å². The van der Waals surface area contributed by atoms with Crippen molar-refractivity contribution in [2.24, 2.45) is 10.9 Å². The Balaban J connectivity index is 0.000000215. The third kappa shape index (κ3) is 6.41. The van der Waals surface area contributed by atoms with Crippen molar-refractivity contribution in [2.45, 2.75) is 77.7 Å². The summed E-state index contributed by atoms with van der Waals surface area (Å²) in [5, 5.41) is 11.7. The van der Waals surface area contributed by atoms with Crippen LogP contribution >= 0.6 is 12.4 Å². The SMILES string of the molecule is CCCCc1ccc2c(c1)C(=O)C(=NO)C2.CCCCc1ccc2c(c1)CC(N)C2.Cl. The van der Waals surface area contributed by atoms with Crippen LogP contribution in [-0.4, -0.2) is 22.7 Å². The molecule has 5 heteroatoms. The summed E-state index contributed by atoms with van der Waals surface area (Å²) < 4.78 is 0. The molecule has 0 fully saturated rings. The van der Waals surface area contributed by atoms with Gasteiger partial charge in [0.25, 0.3) is 0 Å². The first kappa shape index (κ1) is 25.1. The fraction of sp³-hybridized carbons (Fsp3) is 0.462. The molecule has 2 aromatic rings. The summed E-state index contributed by atoms with van der Waals surface area (Å²) in [5.41, 5.74) is 13.5. The fourth-order valence-corrected chi connectivity index (χ4v) is 4.26. The molecule has 0 aromatic heterocycles. The molecule has 4 rings (SSSR count). The Labute approximate surface area is 192 Å². The number of rotatable bonds is 6. The highest BCUT2D eigenvalue weighted by Crippen LogP contribution is 2.23. The predicted molar refractivity (Wildman–Crippen MR) is 130 cm³/mol. The summed E-state index contributed by atoms with van der Waals surface area (Å²) in [6, 6.07) is 13.2. The molecule has 31 heavy (non-hydrogen) atoms. The smallest absolute Gasteiger partial charge is 0.211 e. The zero-order valence-corrected chi connectivity index (χ0v) is 19.5. The molecule has 1 unspecified atom stereocenters. The Morgan fingerprint density at radius 3 is 2.13 bits per heavy atom.